The van der Waals surface area contributed by atoms with Crippen LogP contribution in [0, 0.1) is 0 Å². The molecule has 3 N–H and O–H groups in total. The molecular weight excluding hydrogens is 467 g/mol. The van der Waals surface area contributed by atoms with Crippen LogP contribution in [0.3, 0.4) is 0 Å². The zero-order chi connectivity index (χ0) is 25.9. The Morgan fingerprint density at radius 1 is 0.829 bits per heavy atom. The third kappa shape index (κ3) is 16.2. The maximum Gasteiger partial charge on any atom is 0.490 e. The molecule has 2 rings (SSSR count). The monoisotopic (exact) mass is 499 g/mol. The first-order valence-corrected chi connectivity index (χ1v) is 11.2. The Morgan fingerprint density at radius 2 is 1.46 bits per heavy atom. The molecule has 0 aliphatic carbocycles. The lowest BCUT2D eigenvalue weighted by molar-refractivity contribution is -0.192. The second-order valence-electron chi connectivity index (χ2n) is 7.54. The highest BCUT2D eigenvalue weighted by Crippen LogP contribution is 2.14. The number of hydrogen-bond donors (Lipinski definition) is 3. The van der Waals surface area contributed by atoms with Gasteiger partial charge in [0.05, 0.1) is 19.6 Å². The van der Waals surface area contributed by atoms with Gasteiger partial charge in [-0.1, -0.05) is 42.5 Å². The fourth-order valence-electron chi connectivity index (χ4n) is 2.75. The normalized spacial score (nSPS) is 10.8. The van der Waals surface area contributed by atoms with Crippen LogP contribution in [0.25, 0.3) is 0 Å². The summed E-state index contributed by atoms with van der Waals surface area (Å²) in [6.45, 7) is 3.47. The summed E-state index contributed by atoms with van der Waals surface area (Å²) in [5, 5.41) is 18.8. The first-order valence-electron chi connectivity index (χ1n) is 11.2. The summed E-state index contributed by atoms with van der Waals surface area (Å²) >= 11 is 0. The van der Waals surface area contributed by atoms with Gasteiger partial charge in [0.25, 0.3) is 0 Å². The van der Waals surface area contributed by atoms with Crippen LogP contribution in [0.5, 0.6) is 5.75 Å². The highest BCUT2D eigenvalue weighted by molar-refractivity contribution is 5.73. The van der Waals surface area contributed by atoms with E-state index in [1.165, 1.54) is 11.1 Å². The van der Waals surface area contributed by atoms with Gasteiger partial charge < -0.3 is 25.0 Å². The molecule has 0 amide bonds. The standard InChI is InChI=1S/C23H31NO4.C2HF3O2/c25-23(26)14-16-24-15-6-9-20-10-12-22(13-11-20)28-18-5-4-17-27-19-21-7-2-1-3-8-21;3-2(4,5)1(6)7/h1-3,7-8,10-13,24H,4-6,9,14-19H2,(H,25,26);(H,6,7). The Labute approximate surface area is 202 Å². The smallest absolute Gasteiger partial charge is 0.490 e. The van der Waals surface area contributed by atoms with Crippen molar-refractivity contribution in [1.82, 2.24) is 5.32 Å². The lowest BCUT2D eigenvalue weighted by atomic mass is 10.1. The van der Waals surface area contributed by atoms with Gasteiger partial charge in [-0.3, -0.25) is 4.79 Å². The fourth-order valence-corrected chi connectivity index (χ4v) is 2.75. The van der Waals surface area contributed by atoms with Crippen molar-refractivity contribution in [2.45, 2.75) is 44.9 Å². The lowest BCUT2D eigenvalue weighted by Gasteiger charge is -2.08. The molecule has 0 atom stereocenters. The van der Waals surface area contributed by atoms with Crippen molar-refractivity contribution in [3.8, 4) is 5.75 Å². The predicted molar refractivity (Wildman–Crippen MR) is 124 cm³/mol. The van der Waals surface area contributed by atoms with Crippen LogP contribution >= 0.6 is 0 Å². The molecule has 0 spiro atoms. The highest BCUT2D eigenvalue weighted by Gasteiger charge is 2.38. The van der Waals surface area contributed by atoms with Gasteiger partial charge in [-0.25, -0.2) is 4.79 Å². The predicted octanol–water partition coefficient (Wildman–Crippen LogP) is 4.69. The highest BCUT2D eigenvalue weighted by atomic mass is 19.4. The molecule has 0 aliphatic heterocycles. The second kappa shape index (κ2) is 17.3. The number of unbranched alkanes of at least 4 members (excludes halogenated alkanes) is 1. The van der Waals surface area contributed by atoms with Crippen molar-refractivity contribution in [1.29, 1.82) is 0 Å². The van der Waals surface area contributed by atoms with Crippen LogP contribution in [0.1, 0.15) is 36.8 Å². The summed E-state index contributed by atoms with van der Waals surface area (Å²) < 4.78 is 43.2. The number of alkyl halides is 3. The minimum absolute atomic E-state index is 0.172. The van der Waals surface area contributed by atoms with Gasteiger partial charge in [-0.2, -0.15) is 13.2 Å². The van der Waals surface area contributed by atoms with Crippen LogP contribution in [0.4, 0.5) is 13.2 Å². The van der Waals surface area contributed by atoms with E-state index in [9.17, 15) is 18.0 Å². The topological polar surface area (TPSA) is 105 Å². The molecule has 0 aliphatic rings. The third-order valence-corrected chi connectivity index (χ3v) is 4.56. The van der Waals surface area contributed by atoms with Crippen LogP contribution in [-0.2, 0) is 27.4 Å². The zero-order valence-electron chi connectivity index (χ0n) is 19.4. The van der Waals surface area contributed by atoms with E-state index in [-0.39, 0.29) is 6.42 Å². The number of ether oxygens (including phenoxy) is 2. The molecule has 0 saturated heterocycles. The molecule has 0 heterocycles. The molecule has 0 unspecified atom stereocenters. The minimum atomic E-state index is -5.08. The first kappa shape index (κ1) is 29.9. The molecular formula is C25H32F3NO6. The van der Waals surface area contributed by atoms with Crippen molar-refractivity contribution in [3.63, 3.8) is 0 Å². The maximum absolute atomic E-state index is 10.6. The van der Waals surface area contributed by atoms with Crippen molar-refractivity contribution in [2.24, 2.45) is 0 Å². The molecule has 0 bridgehead atoms. The van der Waals surface area contributed by atoms with Gasteiger partial charge in [0.2, 0.25) is 0 Å². The largest absolute Gasteiger partial charge is 0.494 e. The molecule has 2 aromatic carbocycles. The number of hydrogen-bond acceptors (Lipinski definition) is 5. The van der Waals surface area contributed by atoms with Crippen LogP contribution < -0.4 is 10.1 Å². The van der Waals surface area contributed by atoms with Crippen molar-refractivity contribution in [2.75, 3.05) is 26.3 Å². The SMILES string of the molecule is O=C(O)C(F)(F)F.O=C(O)CCNCCCc1ccc(OCCCCOCc2ccccc2)cc1. The first-order chi connectivity index (χ1) is 16.7. The summed E-state index contributed by atoms with van der Waals surface area (Å²) in [4.78, 5) is 19.3. The molecule has 2 aromatic rings. The fraction of sp³-hybridized carbons (Fsp3) is 0.440. The Balaban J connectivity index is 0.000000762. The van der Waals surface area contributed by atoms with Gasteiger partial charge >= 0.3 is 18.1 Å². The van der Waals surface area contributed by atoms with Gasteiger partial charge in [0.1, 0.15) is 5.75 Å². The minimum Gasteiger partial charge on any atom is -0.494 e. The average Bonchev–Trinajstić information content (AvgIpc) is 2.82. The van der Waals surface area contributed by atoms with Crippen LogP contribution in [0.15, 0.2) is 54.6 Å². The number of halogens is 3. The van der Waals surface area contributed by atoms with E-state index in [1.54, 1.807) is 0 Å². The summed E-state index contributed by atoms with van der Waals surface area (Å²) in [5.41, 5.74) is 2.47. The van der Waals surface area contributed by atoms with Crippen molar-refractivity contribution < 1.29 is 42.4 Å². The molecule has 10 heteroatoms. The molecule has 0 aromatic heterocycles. The van der Waals surface area contributed by atoms with Gasteiger partial charge in [-0.05, 0) is 55.5 Å². The number of aliphatic carboxylic acids is 2. The molecule has 0 saturated carbocycles. The molecule has 7 nitrogen and oxygen atoms in total. The van der Waals surface area contributed by atoms with E-state index >= 15 is 0 Å². The number of rotatable bonds is 15. The number of carboxylic acids is 2. The lowest BCUT2D eigenvalue weighted by Crippen LogP contribution is -2.21. The van der Waals surface area contributed by atoms with E-state index in [0.29, 0.717) is 19.8 Å². The Kier molecular flexibility index (Phi) is 14.8. The number of carbonyl (C=O) groups is 2. The van der Waals surface area contributed by atoms with Crippen molar-refractivity contribution >= 4 is 11.9 Å². The number of benzene rings is 2. The van der Waals surface area contributed by atoms with Gasteiger partial charge in [0, 0.05) is 13.2 Å². The summed E-state index contributed by atoms with van der Waals surface area (Å²) in [5.74, 6) is -2.62. The number of carboxylic acid groups (broad SMARTS) is 2. The number of aryl methyl sites for hydroxylation is 1. The van der Waals surface area contributed by atoms with Gasteiger partial charge in [0.15, 0.2) is 0 Å². The van der Waals surface area contributed by atoms with E-state index in [2.05, 4.69) is 29.6 Å². The van der Waals surface area contributed by atoms with Crippen LogP contribution in [-0.4, -0.2) is 54.6 Å². The van der Waals surface area contributed by atoms with E-state index in [0.717, 1.165) is 44.6 Å². The van der Waals surface area contributed by atoms with E-state index in [1.807, 2.05) is 30.3 Å². The molecule has 35 heavy (non-hydrogen) atoms. The van der Waals surface area contributed by atoms with Crippen molar-refractivity contribution in [3.05, 3.63) is 65.7 Å². The Morgan fingerprint density at radius 3 is 2.06 bits per heavy atom. The Hall–Kier alpha value is -3.11. The number of nitrogens with one attached hydrogen (secondary N) is 1. The summed E-state index contributed by atoms with van der Waals surface area (Å²) in [7, 11) is 0. The molecule has 0 fully saturated rings. The van der Waals surface area contributed by atoms with E-state index < -0.39 is 18.1 Å². The average molecular weight is 500 g/mol. The zero-order valence-corrected chi connectivity index (χ0v) is 19.4. The maximum atomic E-state index is 10.6. The van der Waals surface area contributed by atoms with E-state index in [4.69, 9.17) is 24.5 Å². The quantitative estimate of drug-likeness (QED) is 0.305. The third-order valence-electron chi connectivity index (χ3n) is 4.56. The summed E-state index contributed by atoms with van der Waals surface area (Å²) in [6.07, 6.45) is -0.995. The summed E-state index contributed by atoms with van der Waals surface area (Å²) in [6, 6.07) is 18.4. The van der Waals surface area contributed by atoms with Crippen LogP contribution in [0.2, 0.25) is 0 Å². The molecule has 194 valence electrons. The Bertz CT molecular complexity index is 845. The van der Waals surface area contributed by atoms with Gasteiger partial charge in [-0.15, -0.1) is 0 Å². The molecule has 0 radical (unpaired) electrons. The second-order valence-corrected chi connectivity index (χ2v) is 7.54.